The van der Waals surface area contributed by atoms with Gasteiger partial charge in [0.25, 0.3) is 5.91 Å². The highest BCUT2D eigenvalue weighted by Crippen LogP contribution is 2.41. The van der Waals surface area contributed by atoms with Gasteiger partial charge in [-0.2, -0.15) is 5.10 Å². The van der Waals surface area contributed by atoms with E-state index in [9.17, 15) is 4.79 Å². The summed E-state index contributed by atoms with van der Waals surface area (Å²) in [6, 6.07) is 14.0. The highest BCUT2D eigenvalue weighted by atomic mass is 16.1. The van der Waals surface area contributed by atoms with E-state index in [0.29, 0.717) is 5.56 Å². The summed E-state index contributed by atoms with van der Waals surface area (Å²) in [5.74, 6) is -0.0861. The van der Waals surface area contributed by atoms with E-state index >= 15 is 0 Å². The average molecular weight is 374 g/mol. The normalized spacial score (nSPS) is 17.8. The van der Waals surface area contributed by atoms with Crippen LogP contribution in [0.3, 0.4) is 0 Å². The van der Waals surface area contributed by atoms with E-state index in [-0.39, 0.29) is 17.4 Å². The molecule has 1 aromatic carbocycles. The van der Waals surface area contributed by atoms with Crippen molar-refractivity contribution in [2.45, 2.75) is 46.2 Å². The molecule has 0 aliphatic heterocycles. The van der Waals surface area contributed by atoms with Gasteiger partial charge >= 0.3 is 0 Å². The van der Waals surface area contributed by atoms with Gasteiger partial charge in [0.05, 0.1) is 24.3 Å². The molecule has 1 atom stereocenters. The Morgan fingerprint density at radius 3 is 2.68 bits per heavy atom. The number of hydrogen-bond donors (Lipinski definition) is 1. The molecule has 4 rings (SSSR count). The molecule has 2 aromatic heterocycles. The predicted molar refractivity (Wildman–Crippen MR) is 109 cm³/mol. The topological polar surface area (TPSA) is 59.8 Å². The van der Waals surface area contributed by atoms with Crippen LogP contribution in [0.15, 0.2) is 54.9 Å². The average Bonchev–Trinajstić information content (AvgIpc) is 3.04. The lowest BCUT2D eigenvalue weighted by atomic mass is 9.74. The molecule has 1 unspecified atom stereocenters. The summed E-state index contributed by atoms with van der Waals surface area (Å²) >= 11 is 0. The van der Waals surface area contributed by atoms with Crippen LogP contribution in [0.2, 0.25) is 0 Å². The molecular formula is C23H26N4O. The number of pyridine rings is 1. The Labute approximate surface area is 165 Å². The molecule has 2 heterocycles. The van der Waals surface area contributed by atoms with E-state index in [4.69, 9.17) is 0 Å². The number of aromatic nitrogens is 3. The quantitative estimate of drug-likeness (QED) is 0.749. The van der Waals surface area contributed by atoms with Crippen LogP contribution in [0.4, 0.5) is 0 Å². The van der Waals surface area contributed by atoms with Gasteiger partial charge in [-0.1, -0.05) is 44.2 Å². The van der Waals surface area contributed by atoms with Gasteiger partial charge in [0.15, 0.2) is 0 Å². The van der Waals surface area contributed by atoms with Crippen LogP contribution in [0.1, 0.15) is 59.2 Å². The predicted octanol–water partition coefficient (Wildman–Crippen LogP) is 4.08. The molecule has 5 heteroatoms. The zero-order valence-electron chi connectivity index (χ0n) is 16.6. The van der Waals surface area contributed by atoms with Gasteiger partial charge < -0.3 is 5.32 Å². The van der Waals surface area contributed by atoms with Crippen molar-refractivity contribution >= 4 is 5.91 Å². The molecule has 5 nitrogen and oxygen atoms in total. The maximum atomic E-state index is 12.8. The highest BCUT2D eigenvalue weighted by Gasteiger charge is 2.35. The van der Waals surface area contributed by atoms with Crippen molar-refractivity contribution in [3.05, 3.63) is 82.9 Å². The van der Waals surface area contributed by atoms with Gasteiger partial charge in [0.2, 0.25) is 0 Å². The number of carbonyl (C=O) groups excluding carboxylic acids is 1. The van der Waals surface area contributed by atoms with Gasteiger partial charge in [0, 0.05) is 23.1 Å². The Hall–Kier alpha value is -2.95. The second kappa shape index (κ2) is 7.23. The molecular weight excluding hydrogens is 348 g/mol. The summed E-state index contributed by atoms with van der Waals surface area (Å²) < 4.78 is 2.08. The van der Waals surface area contributed by atoms with E-state index in [0.717, 1.165) is 30.6 Å². The number of carbonyl (C=O) groups is 1. The lowest BCUT2D eigenvalue weighted by molar-refractivity contribution is 0.0918. The molecule has 0 bridgehead atoms. The number of rotatable bonds is 4. The van der Waals surface area contributed by atoms with E-state index in [1.807, 2.05) is 43.5 Å². The van der Waals surface area contributed by atoms with Gasteiger partial charge in [0.1, 0.15) is 0 Å². The van der Waals surface area contributed by atoms with Crippen LogP contribution >= 0.6 is 0 Å². The molecule has 28 heavy (non-hydrogen) atoms. The van der Waals surface area contributed by atoms with E-state index < -0.39 is 0 Å². The van der Waals surface area contributed by atoms with E-state index in [1.165, 1.54) is 11.3 Å². The van der Waals surface area contributed by atoms with Gasteiger partial charge in [-0.3, -0.25) is 14.5 Å². The summed E-state index contributed by atoms with van der Waals surface area (Å²) in [5.41, 5.74) is 5.15. The Morgan fingerprint density at radius 2 is 1.96 bits per heavy atom. The second-order valence-electron chi connectivity index (χ2n) is 8.45. The Balaban J connectivity index is 1.60. The maximum Gasteiger partial charge on any atom is 0.253 e. The molecule has 1 aliphatic rings. The molecule has 3 aromatic rings. The number of nitrogens with one attached hydrogen (secondary N) is 1. The Kier molecular flexibility index (Phi) is 4.75. The third-order valence-corrected chi connectivity index (χ3v) is 5.41. The van der Waals surface area contributed by atoms with Crippen LogP contribution in [0.5, 0.6) is 0 Å². The van der Waals surface area contributed by atoms with Crippen LogP contribution in [-0.2, 0) is 13.0 Å². The second-order valence-corrected chi connectivity index (χ2v) is 8.45. The monoisotopic (exact) mass is 374 g/mol. The lowest BCUT2D eigenvalue weighted by Gasteiger charge is -2.36. The first-order chi connectivity index (χ1) is 13.4. The molecule has 1 N–H and O–H groups in total. The minimum absolute atomic E-state index is 0.0444. The third-order valence-electron chi connectivity index (χ3n) is 5.41. The molecule has 0 radical (unpaired) electrons. The van der Waals surface area contributed by atoms with Crippen molar-refractivity contribution < 1.29 is 4.79 Å². The fourth-order valence-electron chi connectivity index (χ4n) is 3.96. The number of amides is 1. The SMILES string of the molecule is Cc1ccc(C(=O)NC2CC(C)(C)Cc3c2cnn3Cc2ccccc2)cn1. The highest BCUT2D eigenvalue weighted by molar-refractivity contribution is 5.94. The molecule has 0 saturated carbocycles. The molecule has 0 saturated heterocycles. The largest absolute Gasteiger partial charge is 0.345 e. The van der Waals surface area contributed by atoms with Crippen molar-refractivity contribution in [3.63, 3.8) is 0 Å². The fraction of sp³-hybridized carbons (Fsp3) is 0.348. The summed E-state index contributed by atoms with van der Waals surface area (Å²) in [4.78, 5) is 17.0. The van der Waals surface area contributed by atoms with Gasteiger partial charge in [-0.05, 0) is 42.9 Å². The zero-order chi connectivity index (χ0) is 19.7. The first-order valence-corrected chi connectivity index (χ1v) is 9.73. The number of nitrogens with zero attached hydrogens (tertiary/aromatic N) is 3. The smallest absolute Gasteiger partial charge is 0.253 e. The van der Waals surface area contributed by atoms with Crippen LogP contribution in [-0.4, -0.2) is 20.7 Å². The van der Waals surface area contributed by atoms with Crippen molar-refractivity contribution in [2.75, 3.05) is 0 Å². The zero-order valence-corrected chi connectivity index (χ0v) is 16.6. The van der Waals surface area contributed by atoms with Crippen LogP contribution in [0, 0.1) is 12.3 Å². The van der Waals surface area contributed by atoms with Crippen molar-refractivity contribution in [1.82, 2.24) is 20.1 Å². The molecule has 144 valence electrons. The first kappa shape index (κ1) is 18.4. The summed E-state index contributed by atoms with van der Waals surface area (Å²) in [7, 11) is 0. The molecule has 1 aliphatic carbocycles. The molecule has 1 amide bonds. The molecule has 0 fully saturated rings. The Morgan fingerprint density at radius 1 is 1.18 bits per heavy atom. The number of hydrogen-bond acceptors (Lipinski definition) is 3. The number of benzene rings is 1. The number of fused-ring (bicyclic) bond motifs is 1. The minimum Gasteiger partial charge on any atom is -0.345 e. The van der Waals surface area contributed by atoms with E-state index in [2.05, 4.69) is 46.1 Å². The number of aryl methyl sites for hydroxylation is 1. The summed E-state index contributed by atoms with van der Waals surface area (Å²) in [6.45, 7) is 7.16. The maximum absolute atomic E-state index is 12.8. The third kappa shape index (κ3) is 3.84. The first-order valence-electron chi connectivity index (χ1n) is 9.73. The van der Waals surface area contributed by atoms with Crippen molar-refractivity contribution in [3.8, 4) is 0 Å². The van der Waals surface area contributed by atoms with Gasteiger partial charge in [-0.15, -0.1) is 0 Å². The van der Waals surface area contributed by atoms with Gasteiger partial charge in [-0.25, -0.2) is 0 Å². The van der Waals surface area contributed by atoms with Crippen molar-refractivity contribution in [2.24, 2.45) is 5.41 Å². The summed E-state index contributed by atoms with van der Waals surface area (Å²) in [5, 5.41) is 7.86. The molecule has 0 spiro atoms. The lowest BCUT2D eigenvalue weighted by Crippen LogP contribution is -2.37. The minimum atomic E-state index is -0.0861. The summed E-state index contributed by atoms with van der Waals surface area (Å²) in [6.07, 6.45) is 5.40. The van der Waals surface area contributed by atoms with Crippen molar-refractivity contribution in [1.29, 1.82) is 0 Å². The fourth-order valence-corrected chi connectivity index (χ4v) is 3.96. The Bertz CT molecular complexity index is 974. The van der Waals surface area contributed by atoms with E-state index in [1.54, 1.807) is 6.20 Å². The van der Waals surface area contributed by atoms with Crippen LogP contribution in [0.25, 0.3) is 0 Å². The van der Waals surface area contributed by atoms with Crippen LogP contribution < -0.4 is 5.32 Å². The standard InChI is InChI=1S/C23H26N4O/c1-16-9-10-18(13-24-16)22(28)26-20-11-23(2,3)12-21-19(20)14-25-27(21)15-17-7-5-4-6-8-17/h4-10,13-14,20H,11-12,15H2,1-3H3,(H,26,28).